The number of β-lactam (4-membered cyclic amide) rings is 1. The number of rotatable bonds is 6. The summed E-state index contributed by atoms with van der Waals surface area (Å²) in [5.41, 5.74) is 8.70. The van der Waals surface area contributed by atoms with Crippen LogP contribution < -0.4 is 0 Å². The molecule has 0 aliphatic carbocycles. The summed E-state index contributed by atoms with van der Waals surface area (Å²) in [5.74, 6) is -1.22. The van der Waals surface area contributed by atoms with Gasteiger partial charge in [-0.15, -0.1) is 0 Å². The summed E-state index contributed by atoms with van der Waals surface area (Å²) in [6.07, 6.45) is 0.404. The molecule has 1 aromatic carbocycles. The van der Waals surface area contributed by atoms with Crippen molar-refractivity contribution < 1.29 is 18.7 Å². The van der Waals surface area contributed by atoms with E-state index in [2.05, 4.69) is 10.0 Å². The van der Waals surface area contributed by atoms with Gasteiger partial charge in [0.1, 0.15) is 23.5 Å². The third-order valence-electron chi connectivity index (χ3n) is 4.20. The van der Waals surface area contributed by atoms with Crippen molar-refractivity contribution in [3.63, 3.8) is 0 Å². The van der Waals surface area contributed by atoms with Gasteiger partial charge in [0, 0.05) is 4.91 Å². The lowest BCUT2D eigenvalue weighted by Gasteiger charge is -2.49. The van der Waals surface area contributed by atoms with Gasteiger partial charge in [-0.1, -0.05) is 31.1 Å². The van der Waals surface area contributed by atoms with Crippen molar-refractivity contribution in [3.8, 4) is 0 Å². The Morgan fingerprint density at radius 2 is 1.93 bits per heavy atom. The van der Waals surface area contributed by atoms with Gasteiger partial charge in [-0.2, -0.15) is 0 Å². The second-order valence-corrected chi connectivity index (χ2v) is 8.07. The molecule has 0 N–H and O–H groups in total. The zero-order valence-electron chi connectivity index (χ0n) is 16.2. The van der Waals surface area contributed by atoms with E-state index in [9.17, 15) is 14.0 Å². The molecule has 146 valence electrons. The van der Waals surface area contributed by atoms with Crippen LogP contribution in [0.1, 0.15) is 52.6 Å². The first-order chi connectivity index (χ1) is 12.5. The third kappa shape index (κ3) is 4.77. The molecular formula is C19H25FN4O3. The molecule has 1 amide bonds. The molecule has 27 heavy (non-hydrogen) atoms. The Morgan fingerprint density at radius 3 is 2.41 bits per heavy atom. The van der Waals surface area contributed by atoms with Gasteiger partial charge in [-0.05, 0) is 56.3 Å². The standard InChI is InChI=1S/C19H25FN4O3/c1-11(2)10-14(18(26)27-19(3,4)5)24-16(15(17(24)25)22-23-21)12-6-8-13(20)9-7-12/h6-9,11,14-16H,10H2,1-5H3/t14-,15+,16-/m0/s1. The van der Waals surface area contributed by atoms with E-state index in [0.717, 1.165) is 0 Å². The predicted octanol–water partition coefficient (Wildman–Crippen LogP) is 4.14. The molecule has 0 unspecified atom stereocenters. The van der Waals surface area contributed by atoms with E-state index in [-0.39, 0.29) is 5.92 Å². The lowest BCUT2D eigenvalue weighted by molar-refractivity contribution is -0.175. The Kier molecular flexibility index (Phi) is 6.11. The molecule has 7 nitrogen and oxygen atoms in total. The van der Waals surface area contributed by atoms with Gasteiger partial charge in [-0.3, -0.25) is 4.79 Å². The molecule has 1 aromatic rings. The summed E-state index contributed by atoms with van der Waals surface area (Å²) < 4.78 is 18.8. The molecule has 0 saturated carbocycles. The molecule has 1 saturated heterocycles. The topological polar surface area (TPSA) is 95.4 Å². The largest absolute Gasteiger partial charge is 0.458 e. The number of halogens is 1. The number of likely N-dealkylation sites (tertiary alicyclic amines) is 1. The van der Waals surface area contributed by atoms with Crippen molar-refractivity contribution in [1.82, 2.24) is 4.90 Å². The molecule has 0 bridgehead atoms. The Balaban J connectivity index is 2.41. The van der Waals surface area contributed by atoms with Crippen LogP contribution in [0.5, 0.6) is 0 Å². The summed E-state index contributed by atoms with van der Waals surface area (Å²) >= 11 is 0. The quantitative estimate of drug-likeness (QED) is 0.245. The number of carbonyl (C=O) groups is 2. The molecule has 8 heteroatoms. The first-order valence-corrected chi connectivity index (χ1v) is 8.90. The van der Waals surface area contributed by atoms with Crippen molar-refractivity contribution in [1.29, 1.82) is 0 Å². The van der Waals surface area contributed by atoms with Gasteiger partial charge in [0.15, 0.2) is 0 Å². The smallest absolute Gasteiger partial charge is 0.329 e. The lowest BCUT2D eigenvalue weighted by Crippen LogP contribution is -2.64. The third-order valence-corrected chi connectivity index (χ3v) is 4.20. The predicted molar refractivity (Wildman–Crippen MR) is 98.0 cm³/mol. The van der Waals surface area contributed by atoms with Gasteiger partial charge >= 0.3 is 5.97 Å². The molecule has 1 aliphatic heterocycles. The highest BCUT2D eigenvalue weighted by molar-refractivity contribution is 5.94. The summed E-state index contributed by atoms with van der Waals surface area (Å²) in [5, 5.41) is 3.58. The van der Waals surface area contributed by atoms with Crippen LogP contribution in [0.4, 0.5) is 4.39 Å². The highest BCUT2D eigenvalue weighted by atomic mass is 19.1. The fraction of sp³-hybridized carbons (Fsp3) is 0.579. The second kappa shape index (κ2) is 7.96. The molecule has 0 radical (unpaired) electrons. The maximum atomic E-state index is 13.3. The normalized spacial score (nSPS) is 20.7. The minimum Gasteiger partial charge on any atom is -0.458 e. The van der Waals surface area contributed by atoms with E-state index in [1.54, 1.807) is 20.8 Å². The number of benzene rings is 1. The summed E-state index contributed by atoms with van der Waals surface area (Å²) in [6, 6.07) is 3.20. The van der Waals surface area contributed by atoms with Gasteiger partial charge in [0.2, 0.25) is 5.91 Å². The molecule has 1 aliphatic rings. The number of esters is 1. The maximum absolute atomic E-state index is 13.3. The van der Waals surface area contributed by atoms with E-state index < -0.39 is 41.4 Å². The Bertz CT molecular complexity index is 751. The van der Waals surface area contributed by atoms with Crippen molar-refractivity contribution in [2.45, 2.75) is 64.8 Å². The van der Waals surface area contributed by atoms with Crippen LogP contribution in [-0.4, -0.2) is 34.5 Å². The van der Waals surface area contributed by atoms with Gasteiger partial charge < -0.3 is 9.64 Å². The zero-order chi connectivity index (χ0) is 20.4. The summed E-state index contributed by atoms with van der Waals surface area (Å²) in [4.78, 5) is 29.6. The van der Waals surface area contributed by atoms with E-state index >= 15 is 0 Å². The molecule has 0 aromatic heterocycles. The first kappa shape index (κ1) is 20.7. The van der Waals surface area contributed by atoms with Gasteiger partial charge in [0.05, 0.1) is 6.04 Å². The van der Waals surface area contributed by atoms with Crippen molar-refractivity contribution in [3.05, 3.63) is 46.1 Å². The average molecular weight is 376 g/mol. The highest BCUT2D eigenvalue weighted by Crippen LogP contribution is 2.40. The van der Waals surface area contributed by atoms with Gasteiger partial charge in [0.25, 0.3) is 0 Å². The van der Waals surface area contributed by atoms with Crippen molar-refractivity contribution in [2.24, 2.45) is 11.0 Å². The number of hydrogen-bond acceptors (Lipinski definition) is 4. The van der Waals surface area contributed by atoms with Crippen molar-refractivity contribution in [2.75, 3.05) is 0 Å². The van der Waals surface area contributed by atoms with Crippen LogP contribution in [0.25, 0.3) is 10.4 Å². The molecule has 1 fully saturated rings. The Hall–Kier alpha value is -2.60. The maximum Gasteiger partial charge on any atom is 0.329 e. The van der Waals surface area contributed by atoms with Crippen molar-refractivity contribution >= 4 is 11.9 Å². The lowest BCUT2D eigenvalue weighted by atomic mass is 9.85. The Labute approximate surface area is 158 Å². The number of hydrogen-bond donors (Lipinski definition) is 0. The number of nitrogens with zero attached hydrogens (tertiary/aromatic N) is 4. The van der Waals surface area contributed by atoms with Crippen LogP contribution in [0, 0.1) is 11.7 Å². The van der Waals surface area contributed by atoms with E-state index in [1.165, 1.54) is 29.2 Å². The van der Waals surface area contributed by atoms with Gasteiger partial charge in [-0.25, -0.2) is 9.18 Å². The van der Waals surface area contributed by atoms with Crippen LogP contribution in [0.3, 0.4) is 0 Å². The van der Waals surface area contributed by atoms with Crippen LogP contribution in [0.15, 0.2) is 29.4 Å². The molecular weight excluding hydrogens is 351 g/mol. The fourth-order valence-electron chi connectivity index (χ4n) is 3.15. The van der Waals surface area contributed by atoms with E-state index in [4.69, 9.17) is 10.3 Å². The summed E-state index contributed by atoms with van der Waals surface area (Å²) in [6.45, 7) is 9.17. The Morgan fingerprint density at radius 1 is 1.33 bits per heavy atom. The number of azide groups is 1. The summed E-state index contributed by atoms with van der Waals surface area (Å²) in [7, 11) is 0. The fourth-order valence-corrected chi connectivity index (χ4v) is 3.15. The molecule has 3 atom stereocenters. The average Bonchev–Trinajstić information content (AvgIpc) is 2.55. The number of ether oxygens (including phenoxy) is 1. The minimum absolute atomic E-state index is 0.128. The minimum atomic E-state index is -0.961. The van der Waals surface area contributed by atoms with Crippen LogP contribution >= 0.6 is 0 Å². The zero-order valence-corrected chi connectivity index (χ0v) is 16.2. The molecule has 0 spiro atoms. The second-order valence-electron chi connectivity index (χ2n) is 8.07. The number of amides is 1. The highest BCUT2D eigenvalue weighted by Gasteiger charge is 2.53. The van der Waals surface area contributed by atoms with Crippen LogP contribution in [0.2, 0.25) is 0 Å². The van der Waals surface area contributed by atoms with Crippen LogP contribution in [-0.2, 0) is 14.3 Å². The molecule has 1 heterocycles. The van der Waals surface area contributed by atoms with E-state index in [0.29, 0.717) is 12.0 Å². The van der Waals surface area contributed by atoms with E-state index in [1.807, 2.05) is 13.8 Å². The number of carbonyl (C=O) groups excluding carboxylic acids is 2. The SMILES string of the molecule is CC(C)C[C@@H](C(=O)OC(C)(C)C)N1C(=O)[C@H](N=[N+]=[N-])[C@@H]1c1ccc(F)cc1. The monoisotopic (exact) mass is 376 g/mol. The first-order valence-electron chi connectivity index (χ1n) is 8.90. The molecule has 2 rings (SSSR count).